The van der Waals surface area contributed by atoms with E-state index >= 15 is 0 Å². The lowest BCUT2D eigenvalue weighted by atomic mass is 9.99. The molecule has 1 aliphatic rings. The molecule has 1 aliphatic heterocycles. The van der Waals surface area contributed by atoms with Gasteiger partial charge in [0.25, 0.3) is 5.91 Å². The number of halogens is 1. The maximum atomic E-state index is 13.4. The molecule has 3 aromatic rings. The van der Waals surface area contributed by atoms with Crippen LogP contribution in [0.15, 0.2) is 47.0 Å². The molecule has 1 aromatic carbocycles. The number of carbonyl (C=O) groups excluding carboxylic acids is 1. The molecule has 0 aliphatic carbocycles. The molecule has 1 amide bonds. The Kier molecular flexibility index (Phi) is 6.21. The summed E-state index contributed by atoms with van der Waals surface area (Å²) in [6.07, 6.45) is 1.18. The maximum absolute atomic E-state index is 13.4. The minimum Gasteiger partial charge on any atom is -0.396 e. The number of hydrogen-bond acceptors (Lipinski definition) is 6. The van der Waals surface area contributed by atoms with Crippen molar-refractivity contribution in [3.05, 3.63) is 66.8 Å². The van der Waals surface area contributed by atoms with Crippen molar-refractivity contribution in [2.75, 3.05) is 17.2 Å². The van der Waals surface area contributed by atoms with Crippen LogP contribution in [-0.4, -0.2) is 32.4 Å². The van der Waals surface area contributed by atoms with Crippen molar-refractivity contribution in [1.82, 2.24) is 14.8 Å². The van der Waals surface area contributed by atoms with Crippen LogP contribution in [-0.2, 0) is 11.2 Å². The number of fused-ring (bicyclic) bond motifs is 1. The molecule has 0 saturated carbocycles. The van der Waals surface area contributed by atoms with E-state index in [-0.39, 0.29) is 18.6 Å². The molecular weight excluding hydrogens is 513 g/mol. The van der Waals surface area contributed by atoms with Crippen LogP contribution < -0.4 is 10.6 Å². The zero-order chi connectivity index (χ0) is 21.3. The lowest BCUT2D eigenvalue weighted by molar-refractivity contribution is -0.113. The number of allylic oxidation sites excluding steroid dienone is 1. The maximum Gasteiger partial charge on any atom is 0.255 e. The molecule has 2 aromatic heterocycles. The van der Waals surface area contributed by atoms with E-state index < -0.39 is 0 Å². The molecule has 3 heterocycles. The van der Waals surface area contributed by atoms with Gasteiger partial charge in [0.15, 0.2) is 5.82 Å². The highest BCUT2D eigenvalue weighted by Crippen LogP contribution is 2.39. The third-order valence-corrected chi connectivity index (χ3v) is 6.74. The first kappa shape index (κ1) is 21.0. The summed E-state index contributed by atoms with van der Waals surface area (Å²) in [4.78, 5) is 19.0. The van der Waals surface area contributed by atoms with E-state index in [0.717, 1.165) is 25.4 Å². The molecule has 7 nitrogen and oxygen atoms in total. The number of nitrogens with one attached hydrogen (secondary N) is 2. The molecule has 4 rings (SSSR count). The van der Waals surface area contributed by atoms with Gasteiger partial charge in [-0.1, -0.05) is 0 Å². The van der Waals surface area contributed by atoms with Crippen LogP contribution in [0.1, 0.15) is 35.7 Å². The van der Waals surface area contributed by atoms with Crippen LogP contribution >= 0.6 is 33.9 Å². The fraction of sp³-hybridized carbons (Fsp3) is 0.286. The van der Waals surface area contributed by atoms with Crippen molar-refractivity contribution in [2.24, 2.45) is 0 Å². The molecule has 1 atom stereocenters. The van der Waals surface area contributed by atoms with E-state index in [9.17, 15) is 4.79 Å². The second-order valence-electron chi connectivity index (χ2n) is 7.12. The SMILES string of the molecule is CC1=C(C(=O)Nc2ccc(I)cc2)C(c2sccc2C)n2nc(CCCO)nc2N1. The van der Waals surface area contributed by atoms with Gasteiger partial charge < -0.3 is 15.7 Å². The number of aryl methyl sites for hydroxylation is 2. The number of nitrogens with zero attached hydrogens (tertiary/aromatic N) is 3. The monoisotopic (exact) mass is 535 g/mol. The van der Waals surface area contributed by atoms with Gasteiger partial charge in [0.1, 0.15) is 6.04 Å². The van der Waals surface area contributed by atoms with Crippen LogP contribution in [0.2, 0.25) is 0 Å². The molecule has 30 heavy (non-hydrogen) atoms. The number of benzene rings is 1. The molecule has 156 valence electrons. The van der Waals surface area contributed by atoms with Gasteiger partial charge in [0.05, 0.1) is 5.57 Å². The van der Waals surface area contributed by atoms with Crippen LogP contribution in [0.5, 0.6) is 0 Å². The third-order valence-electron chi connectivity index (χ3n) is 4.95. The number of rotatable bonds is 6. The highest BCUT2D eigenvalue weighted by atomic mass is 127. The van der Waals surface area contributed by atoms with E-state index in [1.807, 2.05) is 43.5 Å². The van der Waals surface area contributed by atoms with Gasteiger partial charge in [-0.15, -0.1) is 11.3 Å². The minimum absolute atomic E-state index is 0.0890. The summed E-state index contributed by atoms with van der Waals surface area (Å²) in [6, 6.07) is 9.40. The van der Waals surface area contributed by atoms with E-state index in [1.54, 1.807) is 16.0 Å². The highest BCUT2D eigenvalue weighted by Gasteiger charge is 2.35. The molecule has 0 bridgehead atoms. The number of hydrogen-bond donors (Lipinski definition) is 3. The van der Waals surface area contributed by atoms with Crippen LogP contribution in [0.3, 0.4) is 0 Å². The summed E-state index contributed by atoms with van der Waals surface area (Å²) in [6.45, 7) is 4.03. The number of aliphatic hydroxyl groups is 1. The molecule has 1 unspecified atom stereocenters. The van der Waals surface area contributed by atoms with Gasteiger partial charge in [-0.05, 0) is 84.1 Å². The molecule has 0 saturated heterocycles. The second kappa shape index (κ2) is 8.86. The number of aliphatic hydroxyl groups excluding tert-OH is 1. The van der Waals surface area contributed by atoms with Crippen molar-refractivity contribution in [3.8, 4) is 0 Å². The van der Waals surface area contributed by atoms with Crippen molar-refractivity contribution in [1.29, 1.82) is 0 Å². The van der Waals surface area contributed by atoms with Gasteiger partial charge in [-0.3, -0.25) is 4.79 Å². The summed E-state index contributed by atoms with van der Waals surface area (Å²) in [7, 11) is 0. The average Bonchev–Trinajstić information content (AvgIpc) is 3.32. The van der Waals surface area contributed by atoms with Crippen molar-refractivity contribution in [3.63, 3.8) is 0 Å². The van der Waals surface area contributed by atoms with Crippen LogP contribution in [0, 0.1) is 10.5 Å². The van der Waals surface area contributed by atoms with Gasteiger partial charge in [-0.2, -0.15) is 10.1 Å². The van der Waals surface area contributed by atoms with E-state index in [1.165, 1.54) is 0 Å². The van der Waals surface area contributed by atoms with Crippen LogP contribution in [0.25, 0.3) is 0 Å². The van der Waals surface area contributed by atoms with Crippen molar-refractivity contribution >= 4 is 51.5 Å². The first-order valence-electron chi connectivity index (χ1n) is 9.63. The first-order valence-corrected chi connectivity index (χ1v) is 11.6. The summed E-state index contributed by atoms with van der Waals surface area (Å²) in [5, 5.41) is 22.1. The Balaban J connectivity index is 1.74. The zero-order valence-corrected chi connectivity index (χ0v) is 19.6. The lowest BCUT2D eigenvalue weighted by Crippen LogP contribution is -2.31. The second-order valence-corrected chi connectivity index (χ2v) is 9.31. The summed E-state index contributed by atoms with van der Waals surface area (Å²) in [5.74, 6) is 1.10. The smallest absolute Gasteiger partial charge is 0.255 e. The van der Waals surface area contributed by atoms with E-state index in [0.29, 0.717) is 30.2 Å². The predicted octanol–water partition coefficient (Wildman–Crippen LogP) is 4.11. The van der Waals surface area contributed by atoms with Gasteiger partial charge in [-0.25, -0.2) is 4.68 Å². The Morgan fingerprint density at radius 1 is 1.30 bits per heavy atom. The fourth-order valence-corrected chi connectivity index (χ4v) is 4.85. The number of aromatic nitrogens is 3. The van der Waals surface area contributed by atoms with E-state index in [2.05, 4.69) is 49.4 Å². The molecular formula is C21H22IN5O2S. The largest absolute Gasteiger partial charge is 0.396 e. The van der Waals surface area contributed by atoms with Gasteiger partial charge >= 0.3 is 0 Å². The molecule has 0 radical (unpaired) electrons. The zero-order valence-electron chi connectivity index (χ0n) is 16.6. The fourth-order valence-electron chi connectivity index (χ4n) is 3.47. The standard InChI is InChI=1S/C21H22IN5O2S/c1-12-9-11-30-19(12)18-17(20(29)24-15-7-5-14(22)6-8-15)13(2)23-21-25-16(4-3-10-28)26-27(18)21/h5-9,11,18,28H,3-4,10H2,1-2H3,(H,24,29)(H,23,25,26). The molecule has 0 fully saturated rings. The Morgan fingerprint density at radius 2 is 2.07 bits per heavy atom. The normalized spacial score (nSPS) is 15.7. The summed E-state index contributed by atoms with van der Waals surface area (Å²) < 4.78 is 2.90. The van der Waals surface area contributed by atoms with E-state index in [4.69, 9.17) is 5.11 Å². The summed E-state index contributed by atoms with van der Waals surface area (Å²) in [5.41, 5.74) is 3.22. The predicted molar refractivity (Wildman–Crippen MR) is 127 cm³/mol. The number of thiophene rings is 1. The number of carbonyl (C=O) groups is 1. The lowest BCUT2D eigenvalue weighted by Gasteiger charge is -2.28. The van der Waals surface area contributed by atoms with Crippen LogP contribution in [0.4, 0.5) is 11.6 Å². The summed E-state index contributed by atoms with van der Waals surface area (Å²) >= 11 is 3.84. The number of anilines is 2. The average molecular weight is 535 g/mol. The topological polar surface area (TPSA) is 92.1 Å². The minimum atomic E-state index is -0.361. The molecule has 3 N–H and O–H groups in total. The van der Waals surface area contributed by atoms with Crippen molar-refractivity contribution in [2.45, 2.75) is 32.7 Å². The highest BCUT2D eigenvalue weighted by molar-refractivity contribution is 14.1. The third kappa shape index (κ3) is 4.14. The van der Waals surface area contributed by atoms with Gasteiger partial charge in [0, 0.05) is 32.9 Å². The Labute approximate surface area is 192 Å². The van der Waals surface area contributed by atoms with Gasteiger partial charge in [0.2, 0.25) is 5.95 Å². The quantitative estimate of drug-likeness (QED) is 0.414. The molecule has 0 spiro atoms. The van der Waals surface area contributed by atoms with Crippen molar-refractivity contribution < 1.29 is 9.90 Å². The Morgan fingerprint density at radius 3 is 2.73 bits per heavy atom. The molecule has 9 heteroatoms. The Hall–Kier alpha value is -2.24. The number of amides is 1. The Bertz CT molecular complexity index is 1100. The first-order chi connectivity index (χ1) is 14.5.